The maximum Gasteiger partial charge on any atom is 0.315 e. The molecule has 2 aromatic rings. The van der Waals surface area contributed by atoms with E-state index in [-0.39, 0.29) is 6.03 Å². The van der Waals surface area contributed by atoms with E-state index in [1.165, 1.54) is 0 Å². The molecule has 0 saturated heterocycles. The van der Waals surface area contributed by atoms with E-state index in [1.54, 1.807) is 24.5 Å². The molecular formula is C15H16ClN3O2. The number of amides is 2. The van der Waals surface area contributed by atoms with Gasteiger partial charge in [-0.15, -0.1) is 0 Å². The Kier molecular flexibility index (Phi) is 5.84. The summed E-state index contributed by atoms with van der Waals surface area (Å²) in [7, 11) is 0. The van der Waals surface area contributed by atoms with Gasteiger partial charge in [0, 0.05) is 18.9 Å². The number of carbonyl (C=O) groups is 1. The third-order valence-electron chi connectivity index (χ3n) is 2.66. The van der Waals surface area contributed by atoms with Crippen molar-refractivity contribution < 1.29 is 9.53 Å². The van der Waals surface area contributed by atoms with Gasteiger partial charge in [0.05, 0.1) is 11.6 Å². The number of halogens is 1. The number of nitrogens with zero attached hydrogens (tertiary/aromatic N) is 1. The van der Waals surface area contributed by atoms with Crippen molar-refractivity contribution in [3.8, 4) is 5.75 Å². The van der Waals surface area contributed by atoms with E-state index in [0.717, 1.165) is 5.56 Å². The molecule has 6 heteroatoms. The van der Waals surface area contributed by atoms with Crippen LogP contribution < -0.4 is 15.4 Å². The minimum absolute atomic E-state index is 0.249. The van der Waals surface area contributed by atoms with Crippen molar-refractivity contribution in [1.29, 1.82) is 0 Å². The molecule has 110 valence electrons. The molecule has 0 unspecified atom stereocenters. The fourth-order valence-electron chi connectivity index (χ4n) is 1.63. The van der Waals surface area contributed by atoms with Crippen LogP contribution in [-0.4, -0.2) is 24.2 Å². The topological polar surface area (TPSA) is 63.2 Å². The number of hydrogen-bond donors (Lipinski definition) is 2. The molecule has 0 aliphatic carbocycles. The van der Waals surface area contributed by atoms with Gasteiger partial charge >= 0.3 is 6.03 Å². The van der Waals surface area contributed by atoms with Crippen LogP contribution in [0.5, 0.6) is 5.75 Å². The fraction of sp³-hybridized carbons (Fsp3) is 0.200. The van der Waals surface area contributed by atoms with E-state index < -0.39 is 0 Å². The largest absolute Gasteiger partial charge is 0.490 e. The first kappa shape index (κ1) is 15.1. The molecule has 0 bridgehead atoms. The summed E-state index contributed by atoms with van der Waals surface area (Å²) in [4.78, 5) is 15.5. The molecular weight excluding hydrogens is 290 g/mol. The van der Waals surface area contributed by atoms with Crippen molar-refractivity contribution in [3.63, 3.8) is 0 Å². The molecule has 0 spiro atoms. The Hall–Kier alpha value is -2.27. The quantitative estimate of drug-likeness (QED) is 0.806. The second kappa shape index (κ2) is 8.11. The zero-order valence-electron chi connectivity index (χ0n) is 11.4. The standard InChI is InChI=1S/C15H16ClN3O2/c16-13-5-1-2-6-14(13)21-9-8-18-15(20)19-11-12-4-3-7-17-10-12/h1-7,10H,8-9,11H2,(H2,18,19,20). The van der Waals surface area contributed by atoms with Gasteiger partial charge in [-0.2, -0.15) is 0 Å². The van der Waals surface area contributed by atoms with E-state index in [4.69, 9.17) is 16.3 Å². The Morgan fingerprint density at radius 3 is 2.81 bits per heavy atom. The van der Waals surface area contributed by atoms with E-state index in [9.17, 15) is 4.79 Å². The zero-order chi connectivity index (χ0) is 14.9. The van der Waals surface area contributed by atoms with E-state index >= 15 is 0 Å². The van der Waals surface area contributed by atoms with Crippen LogP contribution in [0.25, 0.3) is 0 Å². The smallest absolute Gasteiger partial charge is 0.315 e. The first-order valence-corrected chi connectivity index (χ1v) is 6.91. The van der Waals surface area contributed by atoms with Crippen LogP contribution in [0.4, 0.5) is 4.79 Å². The number of aromatic nitrogens is 1. The fourth-order valence-corrected chi connectivity index (χ4v) is 1.83. The maximum absolute atomic E-state index is 11.6. The predicted octanol–water partition coefficient (Wildman–Crippen LogP) is 2.61. The van der Waals surface area contributed by atoms with Crippen LogP contribution in [0.1, 0.15) is 5.56 Å². The molecule has 21 heavy (non-hydrogen) atoms. The van der Waals surface area contributed by atoms with Crippen molar-refractivity contribution in [1.82, 2.24) is 15.6 Å². The van der Waals surface area contributed by atoms with Gasteiger partial charge < -0.3 is 15.4 Å². The van der Waals surface area contributed by atoms with Crippen LogP contribution >= 0.6 is 11.6 Å². The molecule has 0 radical (unpaired) electrons. The molecule has 5 nitrogen and oxygen atoms in total. The lowest BCUT2D eigenvalue weighted by Crippen LogP contribution is -2.37. The predicted molar refractivity (Wildman–Crippen MR) is 81.4 cm³/mol. The van der Waals surface area contributed by atoms with Gasteiger partial charge in [0.25, 0.3) is 0 Å². The lowest BCUT2D eigenvalue weighted by atomic mass is 10.3. The Labute approximate surface area is 128 Å². The van der Waals surface area contributed by atoms with E-state index in [1.807, 2.05) is 24.3 Å². The summed E-state index contributed by atoms with van der Waals surface area (Å²) < 4.78 is 5.47. The van der Waals surface area contributed by atoms with Gasteiger partial charge in [0.15, 0.2) is 0 Å². The summed E-state index contributed by atoms with van der Waals surface area (Å²) in [6, 6.07) is 10.7. The lowest BCUT2D eigenvalue weighted by Gasteiger charge is -2.09. The Balaban J connectivity index is 1.62. The highest BCUT2D eigenvalue weighted by Gasteiger charge is 2.02. The minimum atomic E-state index is -0.249. The van der Waals surface area contributed by atoms with Crippen molar-refractivity contribution in [2.75, 3.05) is 13.2 Å². The summed E-state index contributed by atoms with van der Waals surface area (Å²) >= 11 is 5.95. The third kappa shape index (κ3) is 5.31. The van der Waals surface area contributed by atoms with Crippen molar-refractivity contribution in [2.24, 2.45) is 0 Å². The van der Waals surface area contributed by atoms with Gasteiger partial charge in [-0.05, 0) is 23.8 Å². The number of nitrogens with one attached hydrogen (secondary N) is 2. The molecule has 1 aromatic heterocycles. The molecule has 0 aliphatic rings. The summed E-state index contributed by atoms with van der Waals surface area (Å²) in [6.45, 7) is 1.18. The van der Waals surface area contributed by atoms with E-state index in [2.05, 4.69) is 15.6 Å². The van der Waals surface area contributed by atoms with Crippen LogP contribution in [0.3, 0.4) is 0 Å². The normalized spacial score (nSPS) is 9.95. The highest BCUT2D eigenvalue weighted by atomic mass is 35.5. The van der Waals surface area contributed by atoms with Crippen molar-refractivity contribution >= 4 is 17.6 Å². The van der Waals surface area contributed by atoms with Crippen LogP contribution in [0.15, 0.2) is 48.8 Å². The van der Waals surface area contributed by atoms with Gasteiger partial charge in [0.2, 0.25) is 0 Å². The average Bonchev–Trinajstić information content (AvgIpc) is 2.52. The molecule has 0 saturated carbocycles. The first-order chi connectivity index (χ1) is 10.3. The summed E-state index contributed by atoms with van der Waals surface area (Å²) in [5, 5.41) is 6.00. The number of pyridine rings is 1. The Morgan fingerprint density at radius 2 is 2.05 bits per heavy atom. The highest BCUT2D eigenvalue weighted by molar-refractivity contribution is 6.32. The number of rotatable bonds is 6. The Bertz CT molecular complexity index is 578. The SMILES string of the molecule is O=C(NCCOc1ccccc1Cl)NCc1cccnc1. The van der Waals surface area contributed by atoms with Crippen molar-refractivity contribution in [2.45, 2.75) is 6.54 Å². The lowest BCUT2D eigenvalue weighted by molar-refractivity contribution is 0.236. The molecule has 0 atom stereocenters. The average molecular weight is 306 g/mol. The maximum atomic E-state index is 11.6. The highest BCUT2D eigenvalue weighted by Crippen LogP contribution is 2.22. The second-order valence-corrected chi connectivity index (χ2v) is 4.66. The summed E-state index contributed by atoms with van der Waals surface area (Å²) in [6.07, 6.45) is 3.40. The second-order valence-electron chi connectivity index (χ2n) is 4.25. The van der Waals surface area contributed by atoms with Gasteiger partial charge in [-0.3, -0.25) is 4.98 Å². The third-order valence-corrected chi connectivity index (χ3v) is 2.97. The number of ether oxygens (including phenoxy) is 1. The summed E-state index contributed by atoms with van der Waals surface area (Å²) in [5.41, 5.74) is 0.944. The number of urea groups is 1. The van der Waals surface area contributed by atoms with Crippen LogP contribution in [0.2, 0.25) is 5.02 Å². The molecule has 2 rings (SSSR count). The summed E-state index contributed by atoms with van der Waals surface area (Å²) in [5.74, 6) is 0.608. The first-order valence-electron chi connectivity index (χ1n) is 6.53. The van der Waals surface area contributed by atoms with Crippen LogP contribution in [-0.2, 0) is 6.54 Å². The molecule has 2 N–H and O–H groups in total. The number of benzene rings is 1. The van der Waals surface area contributed by atoms with E-state index in [0.29, 0.717) is 30.5 Å². The molecule has 1 heterocycles. The zero-order valence-corrected chi connectivity index (χ0v) is 12.1. The minimum Gasteiger partial charge on any atom is -0.490 e. The molecule has 0 fully saturated rings. The monoisotopic (exact) mass is 305 g/mol. The number of para-hydroxylation sites is 1. The number of carbonyl (C=O) groups excluding carboxylic acids is 1. The number of hydrogen-bond acceptors (Lipinski definition) is 3. The van der Waals surface area contributed by atoms with Crippen LogP contribution in [0, 0.1) is 0 Å². The Morgan fingerprint density at radius 1 is 1.19 bits per heavy atom. The van der Waals surface area contributed by atoms with Gasteiger partial charge in [-0.1, -0.05) is 29.8 Å². The van der Waals surface area contributed by atoms with Gasteiger partial charge in [-0.25, -0.2) is 4.79 Å². The van der Waals surface area contributed by atoms with Gasteiger partial charge in [0.1, 0.15) is 12.4 Å². The molecule has 1 aromatic carbocycles. The molecule has 2 amide bonds. The molecule has 0 aliphatic heterocycles. The van der Waals surface area contributed by atoms with Crippen molar-refractivity contribution in [3.05, 3.63) is 59.4 Å².